The predicted octanol–water partition coefficient (Wildman–Crippen LogP) is 3.55. The molecule has 2 N–H and O–H groups in total. The van der Waals surface area contributed by atoms with Gasteiger partial charge in [-0.25, -0.2) is 4.79 Å². The van der Waals surface area contributed by atoms with Gasteiger partial charge in [0.15, 0.2) is 0 Å². The van der Waals surface area contributed by atoms with Gasteiger partial charge in [-0.15, -0.1) is 0 Å². The minimum absolute atomic E-state index is 0.879. The van der Waals surface area contributed by atoms with E-state index in [1.807, 2.05) is 48.5 Å². The molecule has 4 nitrogen and oxygen atoms in total. The highest BCUT2D eigenvalue weighted by Crippen LogP contribution is 2.21. The van der Waals surface area contributed by atoms with E-state index >= 15 is 0 Å². The van der Waals surface area contributed by atoms with E-state index in [0.717, 1.165) is 11.5 Å². The van der Waals surface area contributed by atoms with Gasteiger partial charge in [0.25, 0.3) is 0 Å². The average molecular weight is 288 g/mol. The summed E-state index contributed by atoms with van der Waals surface area (Å²) in [4.78, 5) is 9.45. The Kier molecular flexibility index (Phi) is 6.43. The van der Waals surface area contributed by atoms with Crippen LogP contribution >= 0.6 is 0 Å². The number of hydrogen-bond donors (Lipinski definition) is 2. The summed E-state index contributed by atoms with van der Waals surface area (Å²) in [7, 11) is 0. The van der Waals surface area contributed by atoms with Crippen LogP contribution in [0.4, 0.5) is 0 Å². The van der Waals surface area contributed by atoms with Gasteiger partial charge in [0.2, 0.25) is 0 Å². The van der Waals surface area contributed by atoms with Crippen molar-refractivity contribution in [1.29, 1.82) is 0 Å². The van der Waals surface area contributed by atoms with Gasteiger partial charge in [-0.1, -0.05) is 35.4 Å². The van der Waals surface area contributed by atoms with Crippen molar-refractivity contribution in [2.75, 3.05) is 0 Å². The number of carboxylic acids is 1. The van der Waals surface area contributed by atoms with E-state index < -0.39 is 12.1 Å². The lowest BCUT2D eigenvalue weighted by Crippen LogP contribution is -2.13. The molecule has 2 aromatic carbocycles. The van der Waals surface area contributed by atoms with Crippen molar-refractivity contribution in [1.82, 2.24) is 0 Å². The van der Waals surface area contributed by atoms with E-state index in [1.54, 1.807) is 0 Å². The summed E-state index contributed by atoms with van der Waals surface area (Å²) in [6.45, 7) is 5.33. The number of hydrogen-bond acceptors (Lipinski definition) is 3. The zero-order chi connectivity index (χ0) is 15.8. The molecule has 0 spiro atoms. The van der Waals surface area contributed by atoms with E-state index in [2.05, 4.69) is 13.8 Å². The summed E-state index contributed by atoms with van der Waals surface area (Å²) in [6.07, 6.45) is -1.23. The lowest BCUT2D eigenvalue weighted by atomic mass is 10.2. The lowest BCUT2D eigenvalue weighted by Gasteiger charge is -2.05. The molecule has 0 heterocycles. The van der Waals surface area contributed by atoms with Crippen molar-refractivity contribution in [3.8, 4) is 11.5 Å². The van der Waals surface area contributed by atoms with Gasteiger partial charge < -0.3 is 14.9 Å². The van der Waals surface area contributed by atoms with Gasteiger partial charge in [-0.05, 0) is 45.0 Å². The van der Waals surface area contributed by atoms with Gasteiger partial charge in [0, 0.05) is 0 Å². The molecule has 21 heavy (non-hydrogen) atoms. The smallest absolute Gasteiger partial charge is 0.332 e. The Morgan fingerprint density at radius 2 is 1.19 bits per heavy atom. The van der Waals surface area contributed by atoms with Crippen LogP contribution in [0.15, 0.2) is 48.5 Å². The van der Waals surface area contributed by atoms with Gasteiger partial charge in [0.1, 0.15) is 17.6 Å². The number of ether oxygens (including phenoxy) is 1. The predicted molar refractivity (Wildman–Crippen MR) is 81.7 cm³/mol. The number of aryl methyl sites for hydroxylation is 2. The molecule has 0 fully saturated rings. The third-order valence-electron chi connectivity index (χ3n) is 2.64. The number of rotatable bonds is 3. The van der Waals surface area contributed by atoms with Crippen LogP contribution in [0.5, 0.6) is 11.5 Å². The zero-order valence-corrected chi connectivity index (χ0v) is 12.4. The molecule has 0 saturated carbocycles. The Hall–Kier alpha value is -2.33. The van der Waals surface area contributed by atoms with Crippen molar-refractivity contribution in [3.63, 3.8) is 0 Å². The van der Waals surface area contributed by atoms with Crippen LogP contribution in [0.25, 0.3) is 0 Å². The second kappa shape index (κ2) is 8.07. The van der Waals surface area contributed by atoms with E-state index in [0.29, 0.717) is 0 Å². The van der Waals surface area contributed by atoms with Crippen molar-refractivity contribution >= 4 is 5.97 Å². The number of carboxylic acid groups (broad SMARTS) is 1. The quantitative estimate of drug-likeness (QED) is 0.906. The molecule has 0 bridgehead atoms. The van der Waals surface area contributed by atoms with Crippen LogP contribution in [0.2, 0.25) is 0 Å². The Morgan fingerprint density at radius 3 is 1.43 bits per heavy atom. The first-order chi connectivity index (χ1) is 9.88. The van der Waals surface area contributed by atoms with Crippen molar-refractivity contribution in [2.24, 2.45) is 0 Å². The van der Waals surface area contributed by atoms with Crippen LogP contribution in [0, 0.1) is 13.8 Å². The van der Waals surface area contributed by atoms with Crippen molar-refractivity contribution in [3.05, 3.63) is 59.7 Å². The molecule has 0 aliphatic carbocycles. The minimum atomic E-state index is -1.23. The lowest BCUT2D eigenvalue weighted by molar-refractivity contribution is -0.145. The molecule has 0 saturated heterocycles. The Morgan fingerprint density at radius 1 is 0.905 bits per heavy atom. The van der Waals surface area contributed by atoms with Crippen LogP contribution < -0.4 is 4.74 Å². The molecule has 2 aromatic rings. The second-order valence-electron chi connectivity index (χ2n) is 4.74. The SMILES string of the molecule is CC(O)C(=O)O.Cc1ccc(Oc2ccc(C)cc2)cc1. The minimum Gasteiger partial charge on any atom is -0.479 e. The fraction of sp³-hybridized carbons (Fsp3) is 0.235. The van der Waals surface area contributed by atoms with Gasteiger partial charge >= 0.3 is 5.97 Å². The van der Waals surface area contributed by atoms with Crippen LogP contribution in [-0.2, 0) is 4.79 Å². The molecular weight excluding hydrogens is 268 g/mol. The normalized spacial score (nSPS) is 11.0. The second-order valence-corrected chi connectivity index (χ2v) is 4.74. The summed E-state index contributed by atoms with van der Waals surface area (Å²) < 4.78 is 5.69. The zero-order valence-electron chi connectivity index (χ0n) is 12.4. The van der Waals surface area contributed by atoms with Gasteiger partial charge in [-0.3, -0.25) is 0 Å². The summed E-state index contributed by atoms with van der Waals surface area (Å²) in [5.74, 6) is 0.573. The van der Waals surface area contributed by atoms with E-state index in [1.165, 1.54) is 18.1 Å². The van der Waals surface area contributed by atoms with Crippen molar-refractivity contribution in [2.45, 2.75) is 26.9 Å². The van der Waals surface area contributed by atoms with Crippen molar-refractivity contribution < 1.29 is 19.7 Å². The molecule has 112 valence electrons. The Labute approximate surface area is 124 Å². The summed E-state index contributed by atoms with van der Waals surface area (Å²) in [5.41, 5.74) is 2.48. The molecule has 0 aliphatic rings. The summed E-state index contributed by atoms with van der Waals surface area (Å²) in [5, 5.41) is 15.8. The monoisotopic (exact) mass is 288 g/mol. The molecule has 0 amide bonds. The number of aliphatic carboxylic acids is 1. The number of aliphatic hydroxyl groups is 1. The molecule has 1 unspecified atom stereocenters. The van der Waals surface area contributed by atoms with E-state index in [9.17, 15) is 4.79 Å². The van der Waals surface area contributed by atoms with Crippen LogP contribution in [0.3, 0.4) is 0 Å². The average Bonchev–Trinajstić information content (AvgIpc) is 2.44. The van der Waals surface area contributed by atoms with Gasteiger partial charge in [-0.2, -0.15) is 0 Å². The fourth-order valence-electron chi connectivity index (χ4n) is 1.35. The summed E-state index contributed by atoms with van der Waals surface area (Å²) in [6, 6.07) is 16.1. The number of benzene rings is 2. The highest BCUT2D eigenvalue weighted by molar-refractivity contribution is 5.71. The maximum Gasteiger partial charge on any atom is 0.332 e. The first-order valence-electron chi connectivity index (χ1n) is 6.60. The maximum absolute atomic E-state index is 9.45. The third kappa shape index (κ3) is 6.58. The van der Waals surface area contributed by atoms with Crippen LogP contribution in [0.1, 0.15) is 18.1 Å². The molecular formula is C17H20O4. The van der Waals surface area contributed by atoms with Gasteiger partial charge in [0.05, 0.1) is 0 Å². The molecule has 0 aromatic heterocycles. The Bertz CT molecular complexity index is 513. The highest BCUT2D eigenvalue weighted by atomic mass is 16.5. The number of aliphatic hydroxyl groups excluding tert-OH is 1. The first kappa shape index (κ1) is 16.7. The topological polar surface area (TPSA) is 66.8 Å². The highest BCUT2D eigenvalue weighted by Gasteiger charge is 2.01. The maximum atomic E-state index is 9.45. The Balaban J connectivity index is 0.000000315. The molecule has 0 aliphatic heterocycles. The van der Waals surface area contributed by atoms with E-state index in [4.69, 9.17) is 14.9 Å². The standard InChI is InChI=1S/C14H14O.C3H6O3/c1-11-3-7-13(8-4-11)15-14-9-5-12(2)6-10-14;1-2(4)3(5)6/h3-10H,1-2H3;2,4H,1H3,(H,5,6). The van der Waals surface area contributed by atoms with Crippen LogP contribution in [-0.4, -0.2) is 22.3 Å². The molecule has 1 atom stereocenters. The summed E-state index contributed by atoms with van der Waals surface area (Å²) >= 11 is 0. The largest absolute Gasteiger partial charge is 0.479 e. The fourth-order valence-corrected chi connectivity index (χ4v) is 1.35. The number of carbonyl (C=O) groups is 1. The molecule has 4 heteroatoms. The first-order valence-corrected chi connectivity index (χ1v) is 6.60. The van der Waals surface area contributed by atoms with E-state index in [-0.39, 0.29) is 0 Å². The molecule has 0 radical (unpaired) electrons. The molecule has 2 rings (SSSR count). The third-order valence-corrected chi connectivity index (χ3v) is 2.64.